The molecule has 1 aliphatic rings. The standard InChI is InChI=1S/C28H35ClFN3O7S/c1-18-14-33(19(2)13-32(18)15-21-6-9-24(30)10-7-21)26(35)16-39-25-11-8-23(29)12-22(25)17-41(37,38)31-27(36)28(4,5)40-20(3)34/h6-12,18-19H,13-17H2,1-5H3,(H,31,36)/t18-,19+/m0/s1. The number of hydrogen-bond acceptors (Lipinski definition) is 8. The Labute approximate surface area is 244 Å². The van der Waals surface area contributed by atoms with E-state index < -0.39 is 33.3 Å². The van der Waals surface area contributed by atoms with Gasteiger partial charge in [-0.25, -0.2) is 17.5 Å². The van der Waals surface area contributed by atoms with Crippen LogP contribution in [0.4, 0.5) is 4.39 Å². The number of amides is 2. The number of carbonyl (C=O) groups is 3. The van der Waals surface area contributed by atoms with E-state index in [0.29, 0.717) is 19.6 Å². The van der Waals surface area contributed by atoms with Gasteiger partial charge in [0.15, 0.2) is 12.2 Å². The Morgan fingerprint density at radius 3 is 2.37 bits per heavy atom. The van der Waals surface area contributed by atoms with Gasteiger partial charge in [0.25, 0.3) is 11.8 Å². The number of nitrogens with one attached hydrogen (secondary N) is 1. The van der Waals surface area contributed by atoms with E-state index in [1.807, 2.05) is 18.6 Å². The Balaban J connectivity index is 1.63. The van der Waals surface area contributed by atoms with Crippen LogP contribution in [0.15, 0.2) is 42.5 Å². The number of benzene rings is 2. The summed E-state index contributed by atoms with van der Waals surface area (Å²) < 4.78 is 51.4. The van der Waals surface area contributed by atoms with Crippen LogP contribution in [0.5, 0.6) is 5.75 Å². The van der Waals surface area contributed by atoms with Crippen LogP contribution in [0.1, 0.15) is 45.7 Å². The van der Waals surface area contributed by atoms with E-state index in [9.17, 15) is 27.2 Å². The number of esters is 1. The van der Waals surface area contributed by atoms with Crippen molar-refractivity contribution in [1.29, 1.82) is 0 Å². The van der Waals surface area contributed by atoms with Gasteiger partial charge in [0.1, 0.15) is 11.6 Å². The van der Waals surface area contributed by atoms with Gasteiger partial charge in [-0.05, 0) is 63.6 Å². The lowest BCUT2D eigenvalue weighted by molar-refractivity contribution is -0.162. The summed E-state index contributed by atoms with van der Waals surface area (Å²) in [6, 6.07) is 10.6. The van der Waals surface area contributed by atoms with Crippen LogP contribution in [0.2, 0.25) is 5.02 Å². The molecule has 0 aliphatic carbocycles. The Morgan fingerprint density at radius 1 is 1.07 bits per heavy atom. The summed E-state index contributed by atoms with van der Waals surface area (Å²) in [5, 5.41) is 0.236. The molecule has 13 heteroatoms. The van der Waals surface area contributed by atoms with E-state index in [1.54, 1.807) is 17.0 Å². The van der Waals surface area contributed by atoms with Crippen LogP contribution in [-0.2, 0) is 41.4 Å². The normalized spacial score (nSPS) is 18.1. The van der Waals surface area contributed by atoms with Gasteiger partial charge < -0.3 is 14.4 Å². The summed E-state index contributed by atoms with van der Waals surface area (Å²) in [7, 11) is -4.25. The molecule has 1 saturated heterocycles. The van der Waals surface area contributed by atoms with Gasteiger partial charge >= 0.3 is 5.97 Å². The van der Waals surface area contributed by atoms with Crippen molar-refractivity contribution in [2.24, 2.45) is 0 Å². The van der Waals surface area contributed by atoms with Crippen molar-refractivity contribution in [2.45, 2.75) is 64.6 Å². The van der Waals surface area contributed by atoms with Gasteiger partial charge in [-0.2, -0.15) is 0 Å². The van der Waals surface area contributed by atoms with E-state index >= 15 is 0 Å². The largest absolute Gasteiger partial charge is 0.483 e. The number of halogens is 2. The first-order valence-electron chi connectivity index (χ1n) is 13.0. The zero-order valence-electron chi connectivity index (χ0n) is 23.6. The fourth-order valence-corrected chi connectivity index (χ4v) is 5.96. The van der Waals surface area contributed by atoms with Crippen LogP contribution in [0, 0.1) is 5.82 Å². The van der Waals surface area contributed by atoms with E-state index in [2.05, 4.69) is 4.90 Å². The molecular weight excluding hydrogens is 577 g/mol. The molecule has 2 atom stereocenters. The maximum absolute atomic E-state index is 13.3. The minimum Gasteiger partial charge on any atom is -0.483 e. The molecule has 2 amide bonds. The Morgan fingerprint density at radius 2 is 1.73 bits per heavy atom. The summed E-state index contributed by atoms with van der Waals surface area (Å²) in [4.78, 5) is 40.8. The molecule has 1 fully saturated rings. The summed E-state index contributed by atoms with van der Waals surface area (Å²) in [6.45, 7) is 8.94. The first kappa shape index (κ1) is 32.3. The van der Waals surface area contributed by atoms with Gasteiger partial charge in [0.05, 0.1) is 5.75 Å². The Hall–Kier alpha value is -3.22. The molecule has 1 aliphatic heterocycles. The number of carbonyl (C=O) groups excluding carboxylic acids is 3. The molecule has 41 heavy (non-hydrogen) atoms. The van der Waals surface area contributed by atoms with Gasteiger partial charge in [-0.1, -0.05) is 23.7 Å². The van der Waals surface area contributed by atoms with Gasteiger partial charge in [0, 0.05) is 49.2 Å². The Bertz CT molecular complexity index is 1390. The Kier molecular flexibility index (Phi) is 10.4. The van der Waals surface area contributed by atoms with Crippen LogP contribution in [0.25, 0.3) is 0 Å². The summed E-state index contributed by atoms with van der Waals surface area (Å²) in [5.41, 5.74) is -0.595. The number of hydrogen-bond donors (Lipinski definition) is 1. The minimum absolute atomic E-state index is 0.0382. The maximum Gasteiger partial charge on any atom is 0.303 e. The molecule has 0 spiro atoms. The highest BCUT2D eigenvalue weighted by molar-refractivity contribution is 7.89. The van der Waals surface area contributed by atoms with Crippen LogP contribution >= 0.6 is 11.6 Å². The molecule has 2 aromatic rings. The quantitative estimate of drug-likeness (QED) is 0.406. The number of piperazine rings is 1. The lowest BCUT2D eigenvalue weighted by atomic mass is 10.1. The summed E-state index contributed by atoms with van der Waals surface area (Å²) in [5.74, 6) is -2.87. The molecule has 0 saturated carbocycles. The molecule has 1 heterocycles. The topological polar surface area (TPSA) is 122 Å². The number of rotatable bonds is 10. The van der Waals surface area contributed by atoms with Crippen LogP contribution in [-0.4, -0.2) is 73.4 Å². The second kappa shape index (κ2) is 13.2. The van der Waals surface area contributed by atoms with E-state index in [1.165, 1.54) is 44.2 Å². The third-order valence-corrected chi connectivity index (χ3v) is 8.07. The van der Waals surface area contributed by atoms with Crippen molar-refractivity contribution < 1.29 is 36.7 Å². The molecule has 224 valence electrons. The van der Waals surface area contributed by atoms with Gasteiger partial charge in [-0.3, -0.25) is 19.3 Å². The van der Waals surface area contributed by atoms with Crippen molar-refractivity contribution in [3.8, 4) is 5.75 Å². The molecule has 2 aromatic carbocycles. The summed E-state index contributed by atoms with van der Waals surface area (Å²) in [6.07, 6.45) is 0. The third kappa shape index (κ3) is 9.14. The predicted molar refractivity (Wildman–Crippen MR) is 151 cm³/mol. The molecule has 10 nitrogen and oxygen atoms in total. The minimum atomic E-state index is -4.25. The van der Waals surface area contributed by atoms with Gasteiger partial charge in [-0.15, -0.1) is 0 Å². The van der Waals surface area contributed by atoms with Crippen LogP contribution in [0.3, 0.4) is 0 Å². The predicted octanol–water partition coefficient (Wildman–Crippen LogP) is 3.27. The molecule has 1 N–H and O–H groups in total. The number of ether oxygens (including phenoxy) is 2. The second-order valence-electron chi connectivity index (χ2n) is 10.6. The number of nitrogens with zero attached hydrogens (tertiary/aromatic N) is 2. The van der Waals surface area contributed by atoms with Crippen LogP contribution < -0.4 is 9.46 Å². The highest BCUT2D eigenvalue weighted by Crippen LogP contribution is 2.26. The maximum atomic E-state index is 13.3. The molecule has 0 bridgehead atoms. The van der Waals surface area contributed by atoms with Crippen molar-refractivity contribution in [3.05, 3.63) is 64.4 Å². The van der Waals surface area contributed by atoms with Crippen molar-refractivity contribution >= 4 is 39.4 Å². The first-order valence-corrected chi connectivity index (χ1v) is 15.0. The molecule has 0 aromatic heterocycles. The monoisotopic (exact) mass is 611 g/mol. The van der Waals surface area contributed by atoms with Crippen molar-refractivity contribution in [3.63, 3.8) is 0 Å². The molecule has 0 unspecified atom stereocenters. The van der Waals surface area contributed by atoms with E-state index in [-0.39, 0.29) is 46.8 Å². The third-order valence-electron chi connectivity index (χ3n) is 6.65. The fourth-order valence-electron chi connectivity index (χ4n) is 4.52. The zero-order valence-corrected chi connectivity index (χ0v) is 25.2. The number of sulfonamides is 1. The molecule has 0 radical (unpaired) electrons. The van der Waals surface area contributed by atoms with E-state index in [4.69, 9.17) is 21.1 Å². The van der Waals surface area contributed by atoms with E-state index in [0.717, 1.165) is 12.5 Å². The average molecular weight is 612 g/mol. The summed E-state index contributed by atoms with van der Waals surface area (Å²) >= 11 is 6.09. The van der Waals surface area contributed by atoms with Crippen molar-refractivity contribution in [2.75, 3.05) is 19.7 Å². The highest BCUT2D eigenvalue weighted by atomic mass is 35.5. The first-order chi connectivity index (χ1) is 19.1. The SMILES string of the molecule is CC(=O)OC(C)(C)C(=O)NS(=O)(=O)Cc1cc(Cl)ccc1OCC(=O)N1C[C@H](C)N(Cc2ccc(F)cc2)C[C@H]1C. The highest BCUT2D eigenvalue weighted by Gasteiger charge is 2.35. The lowest BCUT2D eigenvalue weighted by Gasteiger charge is -2.44. The average Bonchev–Trinajstić information content (AvgIpc) is 2.85. The molecule has 3 rings (SSSR count). The lowest BCUT2D eigenvalue weighted by Crippen LogP contribution is -2.58. The van der Waals surface area contributed by atoms with Gasteiger partial charge in [0.2, 0.25) is 10.0 Å². The fraction of sp³-hybridized carbons (Fsp3) is 0.464. The second-order valence-corrected chi connectivity index (χ2v) is 12.8. The smallest absolute Gasteiger partial charge is 0.303 e. The zero-order chi connectivity index (χ0) is 30.5. The van der Waals surface area contributed by atoms with Crippen molar-refractivity contribution in [1.82, 2.24) is 14.5 Å². The molecular formula is C28H35ClFN3O7S.